The number of aromatic nitrogens is 3. The van der Waals surface area contributed by atoms with Crippen molar-refractivity contribution in [1.29, 1.82) is 0 Å². The first kappa shape index (κ1) is 19.8. The standard InChI is InChI=1S/C24H25N5O/c1-3-15-7-5-6-8-18(15)20-11-17-13-23(27-14-19(17)24(25)28-20)29-22-12-16(9-10-26-22)21(30)4-2/h5-14,21,30H,3-4H2,1-2H3,(H2,25,28)(H,26,27,29)/t21-/m0/s1. The minimum atomic E-state index is -0.509. The second-order valence-corrected chi connectivity index (χ2v) is 7.22. The summed E-state index contributed by atoms with van der Waals surface area (Å²) in [4.78, 5) is 13.4. The van der Waals surface area contributed by atoms with Crippen molar-refractivity contribution in [3.05, 3.63) is 72.1 Å². The van der Waals surface area contributed by atoms with Gasteiger partial charge in [0.05, 0.1) is 11.8 Å². The van der Waals surface area contributed by atoms with Crippen LogP contribution in [0.25, 0.3) is 22.0 Å². The van der Waals surface area contributed by atoms with Gasteiger partial charge in [0.1, 0.15) is 17.5 Å². The Hall–Kier alpha value is -3.51. The molecule has 0 fully saturated rings. The molecule has 1 atom stereocenters. The van der Waals surface area contributed by atoms with Crippen LogP contribution in [0.5, 0.6) is 0 Å². The molecule has 0 unspecified atom stereocenters. The molecule has 152 valence electrons. The fourth-order valence-electron chi connectivity index (χ4n) is 3.55. The maximum absolute atomic E-state index is 10.1. The van der Waals surface area contributed by atoms with Crippen LogP contribution in [-0.4, -0.2) is 20.1 Å². The fourth-order valence-corrected chi connectivity index (χ4v) is 3.55. The molecule has 0 aliphatic carbocycles. The minimum absolute atomic E-state index is 0.457. The number of aryl methyl sites for hydroxylation is 1. The highest BCUT2D eigenvalue weighted by atomic mass is 16.3. The summed E-state index contributed by atoms with van der Waals surface area (Å²) in [6.45, 7) is 4.07. The molecular formula is C24H25N5O. The minimum Gasteiger partial charge on any atom is -0.388 e. The lowest BCUT2D eigenvalue weighted by molar-refractivity contribution is 0.173. The first-order valence-electron chi connectivity index (χ1n) is 10.1. The van der Waals surface area contributed by atoms with Crippen molar-refractivity contribution in [2.45, 2.75) is 32.8 Å². The Morgan fingerprint density at radius 1 is 1.03 bits per heavy atom. The first-order valence-corrected chi connectivity index (χ1v) is 10.1. The molecule has 0 radical (unpaired) electrons. The monoisotopic (exact) mass is 399 g/mol. The van der Waals surface area contributed by atoms with Crippen molar-refractivity contribution in [1.82, 2.24) is 15.0 Å². The molecule has 4 aromatic rings. The molecule has 6 heteroatoms. The predicted octanol–water partition coefficient (Wildman–Crippen LogP) is 5.02. The summed E-state index contributed by atoms with van der Waals surface area (Å²) in [7, 11) is 0. The van der Waals surface area contributed by atoms with Gasteiger partial charge in [-0.25, -0.2) is 15.0 Å². The molecule has 0 spiro atoms. The Balaban J connectivity index is 1.72. The molecule has 0 amide bonds. The smallest absolute Gasteiger partial charge is 0.133 e. The van der Waals surface area contributed by atoms with Crippen LogP contribution in [0.4, 0.5) is 17.5 Å². The maximum Gasteiger partial charge on any atom is 0.133 e. The largest absolute Gasteiger partial charge is 0.388 e. The number of fused-ring (bicyclic) bond motifs is 1. The number of anilines is 3. The zero-order chi connectivity index (χ0) is 21.1. The summed E-state index contributed by atoms with van der Waals surface area (Å²) in [5, 5.41) is 15.1. The van der Waals surface area contributed by atoms with Crippen molar-refractivity contribution in [3.63, 3.8) is 0 Å². The Morgan fingerprint density at radius 3 is 2.63 bits per heavy atom. The van der Waals surface area contributed by atoms with Crippen LogP contribution in [0.3, 0.4) is 0 Å². The average Bonchev–Trinajstić information content (AvgIpc) is 2.78. The molecule has 0 aliphatic rings. The van der Waals surface area contributed by atoms with E-state index in [0.717, 1.165) is 34.0 Å². The van der Waals surface area contributed by atoms with E-state index in [4.69, 9.17) is 5.73 Å². The summed E-state index contributed by atoms with van der Waals surface area (Å²) in [5.74, 6) is 1.74. The van der Waals surface area contributed by atoms with E-state index in [2.05, 4.69) is 39.3 Å². The Kier molecular flexibility index (Phi) is 5.59. The Labute approximate surface area is 175 Å². The highest BCUT2D eigenvalue weighted by molar-refractivity contribution is 5.94. The average molecular weight is 399 g/mol. The number of hydrogen-bond acceptors (Lipinski definition) is 6. The number of nitrogens with zero attached hydrogens (tertiary/aromatic N) is 3. The lowest BCUT2D eigenvalue weighted by Gasteiger charge is -2.12. The SMILES string of the molecule is CCc1ccccc1-c1cc2cc(Nc3cc([C@@H](O)CC)ccn3)ncc2c(N)n1. The van der Waals surface area contributed by atoms with E-state index < -0.39 is 6.10 Å². The lowest BCUT2D eigenvalue weighted by Crippen LogP contribution is -2.01. The molecule has 1 aromatic carbocycles. The third-order valence-corrected chi connectivity index (χ3v) is 5.23. The van der Waals surface area contributed by atoms with Crippen LogP contribution in [0.1, 0.15) is 37.5 Å². The number of hydrogen-bond donors (Lipinski definition) is 3. The van der Waals surface area contributed by atoms with Gasteiger partial charge < -0.3 is 16.2 Å². The van der Waals surface area contributed by atoms with Crippen molar-refractivity contribution >= 4 is 28.2 Å². The van der Waals surface area contributed by atoms with E-state index in [-0.39, 0.29) is 0 Å². The normalized spacial score (nSPS) is 12.1. The topological polar surface area (TPSA) is 97.0 Å². The van der Waals surface area contributed by atoms with Gasteiger partial charge in [0.2, 0.25) is 0 Å². The molecule has 4 N–H and O–H groups in total. The predicted molar refractivity (Wildman–Crippen MR) is 122 cm³/mol. The number of nitrogens with one attached hydrogen (secondary N) is 1. The van der Waals surface area contributed by atoms with Crippen molar-refractivity contribution in [3.8, 4) is 11.3 Å². The summed E-state index contributed by atoms with van der Waals surface area (Å²) >= 11 is 0. The van der Waals surface area contributed by atoms with Crippen LogP contribution in [0.2, 0.25) is 0 Å². The Morgan fingerprint density at radius 2 is 1.83 bits per heavy atom. The number of benzene rings is 1. The van der Waals surface area contributed by atoms with Gasteiger partial charge in [-0.15, -0.1) is 0 Å². The van der Waals surface area contributed by atoms with Gasteiger partial charge in [0.15, 0.2) is 0 Å². The zero-order valence-electron chi connectivity index (χ0n) is 17.1. The number of aliphatic hydroxyl groups is 1. The number of nitrogens with two attached hydrogens (primary N) is 1. The van der Waals surface area contributed by atoms with E-state index >= 15 is 0 Å². The second-order valence-electron chi connectivity index (χ2n) is 7.22. The maximum atomic E-state index is 10.1. The molecule has 0 saturated heterocycles. The molecule has 3 aromatic heterocycles. The van der Waals surface area contributed by atoms with Gasteiger partial charge in [0, 0.05) is 23.3 Å². The van der Waals surface area contributed by atoms with Gasteiger partial charge >= 0.3 is 0 Å². The number of aliphatic hydroxyl groups excluding tert-OH is 1. The molecule has 0 saturated carbocycles. The highest BCUT2D eigenvalue weighted by Gasteiger charge is 2.11. The van der Waals surface area contributed by atoms with Crippen molar-refractivity contribution < 1.29 is 5.11 Å². The van der Waals surface area contributed by atoms with E-state index in [9.17, 15) is 5.11 Å². The third-order valence-electron chi connectivity index (χ3n) is 5.23. The van der Waals surface area contributed by atoms with E-state index in [0.29, 0.717) is 23.9 Å². The van der Waals surface area contributed by atoms with Crippen LogP contribution in [0.15, 0.2) is 60.9 Å². The van der Waals surface area contributed by atoms with Crippen LogP contribution >= 0.6 is 0 Å². The molecule has 0 bridgehead atoms. The van der Waals surface area contributed by atoms with E-state index in [1.807, 2.05) is 43.3 Å². The lowest BCUT2D eigenvalue weighted by atomic mass is 10.0. The summed E-state index contributed by atoms with van der Waals surface area (Å²) in [6, 6.07) is 15.9. The van der Waals surface area contributed by atoms with Crippen LogP contribution < -0.4 is 11.1 Å². The van der Waals surface area contributed by atoms with Gasteiger partial charge in [0.25, 0.3) is 0 Å². The molecule has 3 heterocycles. The Bertz CT molecular complexity index is 1190. The van der Waals surface area contributed by atoms with Gasteiger partial charge in [-0.1, -0.05) is 38.1 Å². The summed E-state index contributed by atoms with van der Waals surface area (Å²) in [6.07, 6.45) is 4.46. The van der Waals surface area contributed by atoms with Gasteiger partial charge in [-0.3, -0.25) is 0 Å². The van der Waals surface area contributed by atoms with Crippen molar-refractivity contribution in [2.75, 3.05) is 11.1 Å². The highest BCUT2D eigenvalue weighted by Crippen LogP contribution is 2.30. The van der Waals surface area contributed by atoms with Crippen LogP contribution in [0, 0.1) is 0 Å². The summed E-state index contributed by atoms with van der Waals surface area (Å²) in [5.41, 5.74) is 10.2. The van der Waals surface area contributed by atoms with E-state index in [1.165, 1.54) is 5.56 Å². The molecular weight excluding hydrogens is 374 g/mol. The molecule has 30 heavy (non-hydrogen) atoms. The quantitative estimate of drug-likeness (QED) is 0.421. The number of pyridine rings is 3. The number of rotatable bonds is 6. The van der Waals surface area contributed by atoms with Gasteiger partial charge in [-0.2, -0.15) is 0 Å². The second kappa shape index (κ2) is 8.47. The molecule has 6 nitrogen and oxygen atoms in total. The first-order chi connectivity index (χ1) is 14.6. The van der Waals surface area contributed by atoms with E-state index in [1.54, 1.807) is 12.4 Å². The number of nitrogen functional groups attached to an aromatic ring is 1. The van der Waals surface area contributed by atoms with Crippen LogP contribution in [-0.2, 0) is 6.42 Å². The molecule has 4 rings (SSSR count). The fraction of sp³-hybridized carbons (Fsp3) is 0.208. The van der Waals surface area contributed by atoms with Gasteiger partial charge in [-0.05, 0) is 53.6 Å². The van der Waals surface area contributed by atoms with Crippen molar-refractivity contribution in [2.24, 2.45) is 0 Å². The molecule has 0 aliphatic heterocycles. The summed E-state index contributed by atoms with van der Waals surface area (Å²) < 4.78 is 0. The zero-order valence-corrected chi connectivity index (χ0v) is 17.1. The third kappa shape index (κ3) is 3.95.